The van der Waals surface area contributed by atoms with Gasteiger partial charge >= 0.3 is 0 Å². The molecule has 1 aliphatic heterocycles. The van der Waals surface area contributed by atoms with Crippen molar-refractivity contribution in [3.63, 3.8) is 0 Å². The van der Waals surface area contributed by atoms with Crippen LogP contribution in [0.25, 0.3) is 0 Å². The van der Waals surface area contributed by atoms with Gasteiger partial charge in [0, 0.05) is 11.8 Å². The van der Waals surface area contributed by atoms with Gasteiger partial charge in [0.05, 0.1) is 30.0 Å². The summed E-state index contributed by atoms with van der Waals surface area (Å²) in [5.74, 6) is 2.36. The molecular weight excluding hydrogens is 374 g/mol. The molecule has 0 aromatic heterocycles. The average Bonchev–Trinajstić information content (AvgIpc) is 2.96. The molecule has 1 aliphatic rings. The van der Waals surface area contributed by atoms with Crippen LogP contribution in [0.1, 0.15) is 26.7 Å². The number of ether oxygens (including phenoxy) is 2. The van der Waals surface area contributed by atoms with Crippen molar-refractivity contribution in [3.05, 3.63) is 24.3 Å². The quantitative estimate of drug-likeness (QED) is 0.606. The molecule has 0 saturated carbocycles. The van der Waals surface area contributed by atoms with E-state index in [0.29, 0.717) is 25.4 Å². The molecule has 26 heavy (non-hydrogen) atoms. The van der Waals surface area contributed by atoms with Crippen LogP contribution in [0, 0.1) is 0 Å². The summed E-state index contributed by atoms with van der Waals surface area (Å²) in [5, 5.41) is 2.58. The second-order valence-corrected chi connectivity index (χ2v) is 9.97. The number of nitrogens with one attached hydrogen (secondary N) is 1. The topological polar surface area (TPSA) is 81.7 Å². The van der Waals surface area contributed by atoms with Crippen molar-refractivity contribution in [2.45, 2.75) is 38.0 Å². The molecule has 1 heterocycles. The third-order valence-corrected chi connectivity index (χ3v) is 6.85. The van der Waals surface area contributed by atoms with Crippen LogP contribution in [0.15, 0.2) is 24.3 Å². The Morgan fingerprint density at radius 1 is 1.23 bits per heavy atom. The van der Waals surface area contributed by atoms with E-state index in [1.165, 1.54) is 11.8 Å². The molecule has 1 amide bonds. The molecule has 1 saturated heterocycles. The molecule has 1 aromatic rings. The van der Waals surface area contributed by atoms with Gasteiger partial charge in [0.1, 0.15) is 11.5 Å². The number of rotatable bonds is 10. The maximum atomic E-state index is 12.1. The smallest absolute Gasteiger partial charge is 0.233 e. The highest BCUT2D eigenvalue weighted by Gasteiger charge is 2.29. The van der Waals surface area contributed by atoms with Crippen molar-refractivity contribution in [1.82, 2.24) is 5.32 Å². The lowest BCUT2D eigenvalue weighted by Crippen LogP contribution is -2.40. The first-order chi connectivity index (χ1) is 12.4. The summed E-state index contributed by atoms with van der Waals surface area (Å²) in [6.45, 7) is 5.08. The molecule has 1 aromatic carbocycles. The third-order valence-electron chi connectivity index (χ3n) is 3.96. The maximum absolute atomic E-state index is 12.1. The fourth-order valence-corrected chi connectivity index (χ4v) is 4.97. The number of hydrogen-bond donors (Lipinski definition) is 1. The molecule has 1 fully saturated rings. The highest BCUT2D eigenvalue weighted by molar-refractivity contribution is 8.00. The van der Waals surface area contributed by atoms with Crippen molar-refractivity contribution in [2.75, 3.05) is 30.5 Å². The normalized spacial score (nSPS) is 19.7. The Morgan fingerprint density at radius 3 is 2.38 bits per heavy atom. The summed E-state index contributed by atoms with van der Waals surface area (Å²) in [4.78, 5) is 12.1. The first-order valence-corrected chi connectivity index (χ1v) is 11.7. The molecule has 1 N–H and O–H groups in total. The zero-order valence-corrected chi connectivity index (χ0v) is 16.9. The van der Waals surface area contributed by atoms with Gasteiger partial charge in [-0.1, -0.05) is 6.92 Å². The highest BCUT2D eigenvalue weighted by atomic mass is 32.2. The van der Waals surface area contributed by atoms with Crippen LogP contribution in [0.4, 0.5) is 0 Å². The Hall–Kier alpha value is -1.41. The van der Waals surface area contributed by atoms with E-state index in [1.807, 2.05) is 31.2 Å². The molecule has 0 aliphatic carbocycles. The van der Waals surface area contributed by atoms with Crippen LogP contribution in [0.3, 0.4) is 0 Å². The lowest BCUT2D eigenvalue weighted by atomic mass is 10.2. The standard InChI is InChI=1S/C18H27NO5S2/c1-3-9-23-16-4-6-17(7-5-16)24-10-11-25-14(2)18(20)19-15-8-12-26(21,22)13-15/h4-7,14-15H,3,8-13H2,1-2H3,(H,19,20). The Kier molecular flexibility index (Phi) is 8.09. The zero-order chi connectivity index (χ0) is 19.0. The molecule has 6 nitrogen and oxygen atoms in total. The molecule has 2 unspecified atom stereocenters. The van der Waals surface area contributed by atoms with Crippen molar-refractivity contribution in [3.8, 4) is 11.5 Å². The zero-order valence-electron chi connectivity index (χ0n) is 15.3. The molecule has 2 atom stereocenters. The van der Waals surface area contributed by atoms with Gasteiger partial charge in [-0.3, -0.25) is 4.79 Å². The van der Waals surface area contributed by atoms with E-state index in [2.05, 4.69) is 12.2 Å². The van der Waals surface area contributed by atoms with Gasteiger partial charge in [0.15, 0.2) is 9.84 Å². The fraction of sp³-hybridized carbons (Fsp3) is 0.611. The van der Waals surface area contributed by atoms with Crippen LogP contribution in [0.2, 0.25) is 0 Å². The molecule has 146 valence electrons. The Bertz CT molecular complexity index is 675. The number of thioether (sulfide) groups is 1. The monoisotopic (exact) mass is 401 g/mol. The first kappa shape index (κ1) is 20.9. The van der Waals surface area contributed by atoms with E-state index in [-0.39, 0.29) is 28.7 Å². The predicted molar refractivity (Wildman–Crippen MR) is 105 cm³/mol. The summed E-state index contributed by atoms with van der Waals surface area (Å²) in [7, 11) is -2.98. The lowest BCUT2D eigenvalue weighted by molar-refractivity contribution is -0.120. The molecule has 0 bridgehead atoms. The maximum Gasteiger partial charge on any atom is 0.233 e. The number of amides is 1. The van der Waals surface area contributed by atoms with Crippen LogP contribution in [0.5, 0.6) is 11.5 Å². The number of carbonyl (C=O) groups is 1. The summed E-state index contributed by atoms with van der Waals surface area (Å²) in [6.07, 6.45) is 1.48. The average molecular weight is 402 g/mol. The predicted octanol–water partition coefficient (Wildman–Crippen LogP) is 2.28. The SMILES string of the molecule is CCCOc1ccc(OCCSC(C)C(=O)NC2CCS(=O)(=O)C2)cc1. The summed E-state index contributed by atoms with van der Waals surface area (Å²) in [5.41, 5.74) is 0. The minimum Gasteiger partial charge on any atom is -0.494 e. The summed E-state index contributed by atoms with van der Waals surface area (Å²) >= 11 is 1.49. The van der Waals surface area contributed by atoms with Crippen LogP contribution in [-0.4, -0.2) is 56.1 Å². The van der Waals surface area contributed by atoms with Crippen molar-refractivity contribution in [1.29, 1.82) is 0 Å². The minimum atomic E-state index is -2.98. The lowest BCUT2D eigenvalue weighted by Gasteiger charge is -2.15. The van der Waals surface area contributed by atoms with Gasteiger partial charge in [-0.2, -0.15) is 0 Å². The minimum absolute atomic E-state index is 0.0528. The van der Waals surface area contributed by atoms with Crippen molar-refractivity contribution < 1.29 is 22.7 Å². The number of carbonyl (C=O) groups excluding carboxylic acids is 1. The van der Waals surface area contributed by atoms with Crippen molar-refractivity contribution in [2.24, 2.45) is 0 Å². The van der Waals surface area contributed by atoms with Crippen LogP contribution >= 0.6 is 11.8 Å². The molecule has 0 radical (unpaired) electrons. The number of hydrogen-bond acceptors (Lipinski definition) is 6. The fourth-order valence-electron chi connectivity index (χ4n) is 2.54. The van der Waals surface area contributed by atoms with Gasteiger partial charge in [-0.05, 0) is 44.0 Å². The summed E-state index contributed by atoms with van der Waals surface area (Å²) < 4.78 is 34.0. The third kappa shape index (κ3) is 7.07. The van der Waals surface area contributed by atoms with Crippen molar-refractivity contribution >= 4 is 27.5 Å². The number of sulfone groups is 1. The van der Waals surface area contributed by atoms with Gasteiger partial charge in [-0.15, -0.1) is 11.8 Å². The van der Waals surface area contributed by atoms with E-state index >= 15 is 0 Å². The molecular formula is C18H27NO5S2. The van der Waals surface area contributed by atoms with Gasteiger partial charge < -0.3 is 14.8 Å². The first-order valence-electron chi connectivity index (χ1n) is 8.87. The van der Waals surface area contributed by atoms with Crippen LogP contribution < -0.4 is 14.8 Å². The Labute approximate surface area is 159 Å². The second-order valence-electron chi connectivity index (χ2n) is 6.29. The van der Waals surface area contributed by atoms with Gasteiger partial charge in [0.2, 0.25) is 5.91 Å². The van der Waals surface area contributed by atoms with E-state index in [1.54, 1.807) is 0 Å². The largest absolute Gasteiger partial charge is 0.494 e. The van der Waals surface area contributed by atoms with E-state index < -0.39 is 9.84 Å². The number of benzene rings is 1. The molecule has 0 spiro atoms. The van der Waals surface area contributed by atoms with E-state index in [4.69, 9.17) is 9.47 Å². The molecule has 8 heteroatoms. The summed E-state index contributed by atoms with van der Waals surface area (Å²) in [6, 6.07) is 7.24. The second kappa shape index (κ2) is 10.1. The molecule has 2 rings (SSSR count). The van der Waals surface area contributed by atoms with E-state index in [9.17, 15) is 13.2 Å². The highest BCUT2D eigenvalue weighted by Crippen LogP contribution is 2.19. The van der Waals surface area contributed by atoms with E-state index in [0.717, 1.165) is 17.9 Å². The Balaban J connectivity index is 1.63. The Morgan fingerprint density at radius 2 is 1.85 bits per heavy atom. The van der Waals surface area contributed by atoms with Gasteiger partial charge in [0.25, 0.3) is 0 Å². The van der Waals surface area contributed by atoms with Gasteiger partial charge in [-0.25, -0.2) is 8.42 Å². The van der Waals surface area contributed by atoms with Crippen LogP contribution in [-0.2, 0) is 14.6 Å².